The van der Waals surface area contributed by atoms with Gasteiger partial charge < -0.3 is 9.72 Å². The molecule has 4 nitrogen and oxygen atoms in total. The SMILES string of the molecule is N#Cc1ccc(OCc2ccccc2-c2nc3cc(F)c(F)cc3[nH]2)c(F)c1. The number of H-pyrrole nitrogens is 1. The van der Waals surface area contributed by atoms with E-state index in [1.807, 2.05) is 6.07 Å². The van der Waals surface area contributed by atoms with Crippen LogP contribution in [0.3, 0.4) is 0 Å². The van der Waals surface area contributed by atoms with E-state index in [-0.39, 0.29) is 17.9 Å². The molecule has 1 aromatic heterocycles. The number of nitrogens with one attached hydrogen (secondary N) is 1. The first-order valence-electron chi connectivity index (χ1n) is 8.30. The number of imidazole rings is 1. The number of ether oxygens (including phenoxy) is 1. The third kappa shape index (κ3) is 3.28. The van der Waals surface area contributed by atoms with Gasteiger partial charge in [-0.2, -0.15) is 5.26 Å². The summed E-state index contributed by atoms with van der Waals surface area (Å²) in [4.78, 5) is 7.27. The summed E-state index contributed by atoms with van der Waals surface area (Å²) >= 11 is 0. The molecule has 0 unspecified atom stereocenters. The van der Waals surface area contributed by atoms with Crippen LogP contribution in [0.5, 0.6) is 5.75 Å². The van der Waals surface area contributed by atoms with Crippen molar-refractivity contribution in [1.29, 1.82) is 5.26 Å². The number of benzene rings is 3. The van der Waals surface area contributed by atoms with Crippen LogP contribution in [0, 0.1) is 28.8 Å². The second-order valence-corrected chi connectivity index (χ2v) is 6.07. The molecule has 0 atom stereocenters. The molecule has 0 spiro atoms. The minimum absolute atomic E-state index is 0.0163. The van der Waals surface area contributed by atoms with E-state index in [4.69, 9.17) is 10.00 Å². The molecule has 4 aromatic rings. The first-order valence-corrected chi connectivity index (χ1v) is 8.30. The first kappa shape index (κ1) is 17.6. The number of halogens is 3. The van der Waals surface area contributed by atoms with Gasteiger partial charge in [0.05, 0.1) is 22.7 Å². The topological polar surface area (TPSA) is 61.7 Å². The van der Waals surface area contributed by atoms with E-state index in [9.17, 15) is 13.2 Å². The van der Waals surface area contributed by atoms with E-state index >= 15 is 0 Å². The van der Waals surface area contributed by atoms with Crippen molar-refractivity contribution in [2.24, 2.45) is 0 Å². The minimum Gasteiger partial charge on any atom is -0.486 e. The Labute approximate surface area is 157 Å². The van der Waals surface area contributed by atoms with Crippen LogP contribution in [-0.4, -0.2) is 9.97 Å². The molecule has 0 aliphatic rings. The highest BCUT2D eigenvalue weighted by Gasteiger charge is 2.13. The summed E-state index contributed by atoms with van der Waals surface area (Å²) in [6.07, 6.45) is 0. The first-order chi connectivity index (χ1) is 13.5. The monoisotopic (exact) mass is 379 g/mol. The lowest BCUT2D eigenvalue weighted by Crippen LogP contribution is -2.00. The third-order valence-electron chi connectivity index (χ3n) is 4.24. The molecule has 0 saturated carbocycles. The van der Waals surface area contributed by atoms with Crippen LogP contribution in [0.2, 0.25) is 0 Å². The molecule has 0 fully saturated rings. The Balaban J connectivity index is 1.65. The molecule has 28 heavy (non-hydrogen) atoms. The van der Waals surface area contributed by atoms with Gasteiger partial charge in [0.25, 0.3) is 0 Å². The molecule has 1 N–H and O–H groups in total. The molecule has 1 heterocycles. The summed E-state index contributed by atoms with van der Waals surface area (Å²) in [5, 5.41) is 8.80. The normalized spacial score (nSPS) is 10.8. The Hall–Kier alpha value is -3.79. The van der Waals surface area contributed by atoms with Crippen molar-refractivity contribution in [3.63, 3.8) is 0 Å². The van der Waals surface area contributed by atoms with Gasteiger partial charge in [0.1, 0.15) is 12.4 Å². The highest BCUT2D eigenvalue weighted by atomic mass is 19.2. The number of nitriles is 1. The standard InChI is InChI=1S/C21H12F3N3O/c22-15-8-18-19(9-16(15)23)27-21(26-18)14-4-2-1-3-13(14)11-28-20-6-5-12(10-25)7-17(20)24/h1-9H,11H2,(H,26,27). The number of aromatic nitrogens is 2. The van der Waals surface area contributed by atoms with Gasteiger partial charge in [-0.3, -0.25) is 0 Å². The van der Waals surface area contributed by atoms with E-state index < -0.39 is 17.5 Å². The second-order valence-electron chi connectivity index (χ2n) is 6.07. The van der Waals surface area contributed by atoms with Gasteiger partial charge in [-0.05, 0) is 18.2 Å². The van der Waals surface area contributed by atoms with Gasteiger partial charge in [0.2, 0.25) is 0 Å². The average Bonchev–Trinajstić information content (AvgIpc) is 3.10. The molecule has 7 heteroatoms. The number of fused-ring (bicyclic) bond motifs is 1. The highest BCUT2D eigenvalue weighted by molar-refractivity contribution is 5.80. The molecule has 4 rings (SSSR count). The van der Waals surface area contributed by atoms with Crippen LogP contribution >= 0.6 is 0 Å². The number of hydrogen-bond donors (Lipinski definition) is 1. The maximum Gasteiger partial charge on any atom is 0.166 e. The zero-order valence-electron chi connectivity index (χ0n) is 14.3. The fraction of sp³-hybridized carbons (Fsp3) is 0.0476. The molecule has 0 aliphatic carbocycles. The lowest BCUT2D eigenvalue weighted by atomic mass is 10.1. The zero-order valence-corrected chi connectivity index (χ0v) is 14.3. The van der Waals surface area contributed by atoms with Crippen molar-refractivity contribution < 1.29 is 17.9 Å². The van der Waals surface area contributed by atoms with Crippen LogP contribution in [0.4, 0.5) is 13.2 Å². The van der Waals surface area contributed by atoms with Crippen molar-refractivity contribution in [2.45, 2.75) is 6.61 Å². The predicted octanol–water partition coefficient (Wildman–Crippen LogP) is 5.10. The van der Waals surface area contributed by atoms with E-state index in [1.165, 1.54) is 12.1 Å². The van der Waals surface area contributed by atoms with Gasteiger partial charge in [-0.25, -0.2) is 18.2 Å². The number of rotatable bonds is 4. The molecule has 138 valence electrons. The molecular formula is C21H12F3N3O. The van der Waals surface area contributed by atoms with Crippen molar-refractivity contribution in [2.75, 3.05) is 0 Å². The lowest BCUT2D eigenvalue weighted by molar-refractivity contribution is 0.290. The molecule has 0 aliphatic heterocycles. The Bertz CT molecular complexity index is 1190. The third-order valence-corrected chi connectivity index (χ3v) is 4.24. The fourth-order valence-corrected chi connectivity index (χ4v) is 2.85. The maximum absolute atomic E-state index is 14.0. The number of nitrogens with zero attached hydrogens (tertiary/aromatic N) is 2. The molecule has 0 bridgehead atoms. The predicted molar refractivity (Wildman–Crippen MR) is 96.9 cm³/mol. The molecule has 0 radical (unpaired) electrons. The molecule has 0 amide bonds. The van der Waals surface area contributed by atoms with E-state index in [0.717, 1.165) is 18.2 Å². The quantitative estimate of drug-likeness (QED) is 0.537. The van der Waals surface area contributed by atoms with Crippen molar-refractivity contribution in [1.82, 2.24) is 9.97 Å². The Morgan fingerprint density at radius 1 is 0.964 bits per heavy atom. The average molecular weight is 379 g/mol. The second kappa shape index (κ2) is 7.08. The highest BCUT2D eigenvalue weighted by Crippen LogP contribution is 2.27. The van der Waals surface area contributed by atoms with Crippen LogP contribution in [0.25, 0.3) is 22.4 Å². The summed E-state index contributed by atoms with van der Waals surface area (Å²) < 4.78 is 46.4. The van der Waals surface area contributed by atoms with Crippen LogP contribution < -0.4 is 4.74 Å². The largest absolute Gasteiger partial charge is 0.486 e. The maximum atomic E-state index is 14.0. The van der Waals surface area contributed by atoms with Gasteiger partial charge >= 0.3 is 0 Å². The van der Waals surface area contributed by atoms with Crippen molar-refractivity contribution in [3.05, 3.63) is 83.2 Å². The minimum atomic E-state index is -0.974. The molecule has 3 aromatic carbocycles. The summed E-state index contributed by atoms with van der Waals surface area (Å²) in [6, 6.07) is 15.0. The molecular weight excluding hydrogens is 367 g/mol. The Morgan fingerprint density at radius 3 is 2.54 bits per heavy atom. The summed E-state index contributed by atoms with van der Waals surface area (Å²) in [5.41, 5.74) is 2.22. The van der Waals surface area contributed by atoms with Crippen LogP contribution in [-0.2, 0) is 6.61 Å². The Kier molecular flexibility index (Phi) is 4.45. The van der Waals surface area contributed by atoms with Gasteiger partial charge in [-0.1, -0.05) is 24.3 Å². The summed E-state index contributed by atoms with van der Waals surface area (Å²) in [5.74, 6) is -2.14. The number of aromatic amines is 1. The smallest absolute Gasteiger partial charge is 0.166 e. The van der Waals surface area contributed by atoms with E-state index in [1.54, 1.807) is 24.3 Å². The van der Waals surface area contributed by atoms with Gasteiger partial charge in [0.15, 0.2) is 23.2 Å². The summed E-state index contributed by atoms with van der Waals surface area (Å²) in [7, 11) is 0. The fourth-order valence-electron chi connectivity index (χ4n) is 2.85. The van der Waals surface area contributed by atoms with Gasteiger partial charge in [-0.15, -0.1) is 0 Å². The summed E-state index contributed by atoms with van der Waals surface area (Å²) in [6.45, 7) is 0.0404. The van der Waals surface area contributed by atoms with Crippen molar-refractivity contribution >= 4 is 11.0 Å². The van der Waals surface area contributed by atoms with E-state index in [0.29, 0.717) is 28.0 Å². The lowest BCUT2D eigenvalue weighted by Gasteiger charge is -2.10. The van der Waals surface area contributed by atoms with Crippen LogP contribution in [0.1, 0.15) is 11.1 Å². The number of hydrogen-bond acceptors (Lipinski definition) is 3. The van der Waals surface area contributed by atoms with E-state index in [2.05, 4.69) is 9.97 Å². The van der Waals surface area contributed by atoms with Crippen LogP contribution in [0.15, 0.2) is 54.6 Å². The van der Waals surface area contributed by atoms with Crippen molar-refractivity contribution in [3.8, 4) is 23.2 Å². The zero-order chi connectivity index (χ0) is 19.7. The Morgan fingerprint density at radius 2 is 1.75 bits per heavy atom. The van der Waals surface area contributed by atoms with Gasteiger partial charge in [0, 0.05) is 23.3 Å². The molecule has 0 saturated heterocycles.